The van der Waals surface area contributed by atoms with Crippen molar-refractivity contribution >= 4 is 0 Å². The number of aliphatic hydroxyl groups is 1. The number of morpholine rings is 1. The lowest BCUT2D eigenvalue weighted by Crippen LogP contribution is -2.66. The van der Waals surface area contributed by atoms with Crippen LogP contribution in [0.1, 0.15) is 13.8 Å². The molecule has 4 heteroatoms. The Morgan fingerprint density at radius 1 is 1.43 bits per heavy atom. The van der Waals surface area contributed by atoms with Crippen molar-refractivity contribution in [3.8, 4) is 0 Å². The zero-order chi connectivity index (χ0) is 10.2. The van der Waals surface area contributed by atoms with E-state index >= 15 is 0 Å². The van der Waals surface area contributed by atoms with Gasteiger partial charge in [0.15, 0.2) is 0 Å². The Kier molecular flexibility index (Phi) is 2.79. The molecule has 0 aromatic heterocycles. The highest BCUT2D eigenvalue weighted by atomic mass is 16.5. The van der Waals surface area contributed by atoms with Crippen LogP contribution in [0.5, 0.6) is 0 Å². The summed E-state index contributed by atoms with van der Waals surface area (Å²) in [7, 11) is 0. The molecule has 0 aromatic rings. The number of nitrogens with one attached hydrogen (secondary N) is 1. The van der Waals surface area contributed by atoms with Crippen LogP contribution in [0.4, 0.5) is 0 Å². The SMILES string of the molecule is CC(C)(C1CNCCO1)N1CC(O)C1. The standard InChI is InChI=1S/C10H20N2O2/c1-10(2,12-6-8(13)7-12)9-5-11-3-4-14-9/h8-9,11,13H,3-7H2,1-2H3. The lowest BCUT2D eigenvalue weighted by atomic mass is 9.90. The zero-order valence-electron chi connectivity index (χ0n) is 8.99. The molecule has 2 saturated heterocycles. The summed E-state index contributed by atoms with van der Waals surface area (Å²) >= 11 is 0. The highest BCUT2D eigenvalue weighted by Crippen LogP contribution is 2.27. The van der Waals surface area contributed by atoms with Gasteiger partial charge in [0.2, 0.25) is 0 Å². The predicted octanol–water partition coefficient (Wildman–Crippen LogP) is -0.570. The van der Waals surface area contributed by atoms with Crippen molar-refractivity contribution in [3.05, 3.63) is 0 Å². The minimum Gasteiger partial charge on any atom is -0.390 e. The third-order valence-corrected chi connectivity index (χ3v) is 3.39. The zero-order valence-corrected chi connectivity index (χ0v) is 8.99. The van der Waals surface area contributed by atoms with Crippen molar-refractivity contribution in [2.45, 2.75) is 31.6 Å². The van der Waals surface area contributed by atoms with Crippen molar-refractivity contribution in [3.63, 3.8) is 0 Å². The number of hydrogen-bond donors (Lipinski definition) is 2. The summed E-state index contributed by atoms with van der Waals surface area (Å²) in [5.74, 6) is 0. The van der Waals surface area contributed by atoms with E-state index in [2.05, 4.69) is 24.1 Å². The fraction of sp³-hybridized carbons (Fsp3) is 1.00. The van der Waals surface area contributed by atoms with Gasteiger partial charge in [-0.2, -0.15) is 0 Å². The first-order chi connectivity index (χ1) is 6.60. The van der Waals surface area contributed by atoms with Gasteiger partial charge in [0.05, 0.1) is 18.8 Å². The molecule has 1 atom stereocenters. The molecular weight excluding hydrogens is 180 g/mol. The van der Waals surface area contributed by atoms with Crippen LogP contribution in [0, 0.1) is 0 Å². The van der Waals surface area contributed by atoms with Gasteiger partial charge >= 0.3 is 0 Å². The highest BCUT2D eigenvalue weighted by Gasteiger charge is 2.42. The van der Waals surface area contributed by atoms with E-state index in [-0.39, 0.29) is 17.7 Å². The van der Waals surface area contributed by atoms with Crippen LogP contribution < -0.4 is 5.32 Å². The lowest BCUT2D eigenvalue weighted by molar-refractivity contribution is -0.125. The Morgan fingerprint density at radius 3 is 2.64 bits per heavy atom. The maximum Gasteiger partial charge on any atom is 0.0877 e. The van der Waals surface area contributed by atoms with Crippen LogP contribution in [-0.2, 0) is 4.74 Å². The summed E-state index contributed by atoms with van der Waals surface area (Å²) in [5, 5.41) is 12.6. The van der Waals surface area contributed by atoms with E-state index in [0.717, 1.165) is 32.8 Å². The first-order valence-corrected chi connectivity index (χ1v) is 5.36. The summed E-state index contributed by atoms with van der Waals surface area (Å²) in [6, 6.07) is 0. The molecule has 0 radical (unpaired) electrons. The van der Waals surface area contributed by atoms with Gasteiger partial charge in [-0.15, -0.1) is 0 Å². The number of rotatable bonds is 2. The third kappa shape index (κ3) is 1.80. The van der Waals surface area contributed by atoms with E-state index in [1.807, 2.05) is 0 Å². The molecule has 0 amide bonds. The molecule has 2 fully saturated rings. The van der Waals surface area contributed by atoms with Gasteiger partial charge in [-0.25, -0.2) is 0 Å². The Balaban J connectivity index is 1.92. The largest absolute Gasteiger partial charge is 0.390 e. The summed E-state index contributed by atoms with van der Waals surface area (Å²) in [5.41, 5.74) is 0.0344. The fourth-order valence-electron chi connectivity index (χ4n) is 2.15. The van der Waals surface area contributed by atoms with Crippen LogP contribution in [-0.4, -0.2) is 60.5 Å². The van der Waals surface area contributed by atoms with Crippen molar-refractivity contribution in [1.29, 1.82) is 0 Å². The molecule has 2 heterocycles. The number of likely N-dealkylation sites (tertiary alicyclic amines) is 1. The van der Waals surface area contributed by atoms with Gasteiger partial charge in [-0.05, 0) is 13.8 Å². The van der Waals surface area contributed by atoms with Gasteiger partial charge in [0.1, 0.15) is 0 Å². The molecule has 2 aliphatic heterocycles. The minimum absolute atomic E-state index is 0.0344. The maximum absolute atomic E-state index is 9.28. The van der Waals surface area contributed by atoms with Gasteiger partial charge < -0.3 is 15.2 Å². The van der Waals surface area contributed by atoms with Crippen LogP contribution >= 0.6 is 0 Å². The van der Waals surface area contributed by atoms with Crippen molar-refractivity contribution in [2.24, 2.45) is 0 Å². The maximum atomic E-state index is 9.28. The fourth-order valence-corrected chi connectivity index (χ4v) is 2.15. The number of nitrogens with zero attached hydrogens (tertiary/aromatic N) is 1. The molecule has 0 spiro atoms. The second-order valence-electron chi connectivity index (χ2n) is 4.78. The minimum atomic E-state index is -0.133. The van der Waals surface area contributed by atoms with Gasteiger partial charge in [-0.1, -0.05) is 0 Å². The molecule has 0 aliphatic carbocycles. The van der Waals surface area contributed by atoms with E-state index < -0.39 is 0 Å². The first-order valence-electron chi connectivity index (χ1n) is 5.36. The average molecular weight is 200 g/mol. The quantitative estimate of drug-likeness (QED) is 0.626. The van der Waals surface area contributed by atoms with E-state index in [9.17, 15) is 5.11 Å². The first kappa shape index (κ1) is 10.4. The lowest BCUT2D eigenvalue weighted by Gasteiger charge is -2.51. The molecule has 0 aromatic carbocycles. The number of β-amino-alcohol motifs (C(OH)–C–C–N with tert-alkyl or cyclic N) is 1. The molecule has 0 saturated carbocycles. The van der Waals surface area contributed by atoms with Crippen LogP contribution in [0.2, 0.25) is 0 Å². The van der Waals surface area contributed by atoms with Crippen molar-refractivity contribution < 1.29 is 9.84 Å². The molecule has 1 unspecified atom stereocenters. The smallest absolute Gasteiger partial charge is 0.0877 e. The molecule has 4 nitrogen and oxygen atoms in total. The Morgan fingerprint density at radius 2 is 2.14 bits per heavy atom. The second-order valence-corrected chi connectivity index (χ2v) is 4.78. The monoisotopic (exact) mass is 200 g/mol. The number of hydrogen-bond acceptors (Lipinski definition) is 4. The molecule has 2 rings (SSSR count). The average Bonchev–Trinajstić information content (AvgIpc) is 2.14. The Hall–Kier alpha value is -0.160. The summed E-state index contributed by atoms with van der Waals surface area (Å²) in [6.45, 7) is 8.62. The van der Waals surface area contributed by atoms with Crippen molar-refractivity contribution in [1.82, 2.24) is 10.2 Å². The topological polar surface area (TPSA) is 44.7 Å². The second kappa shape index (κ2) is 3.77. The summed E-state index contributed by atoms with van der Waals surface area (Å²) < 4.78 is 5.75. The summed E-state index contributed by atoms with van der Waals surface area (Å²) in [4.78, 5) is 2.29. The van der Waals surface area contributed by atoms with E-state index in [0.29, 0.717) is 0 Å². The van der Waals surface area contributed by atoms with Gasteiger partial charge in [0.25, 0.3) is 0 Å². The number of ether oxygens (including phenoxy) is 1. The Bertz CT molecular complexity index is 196. The van der Waals surface area contributed by atoms with E-state index in [1.54, 1.807) is 0 Å². The molecule has 2 aliphatic rings. The van der Waals surface area contributed by atoms with Crippen LogP contribution in [0.15, 0.2) is 0 Å². The normalized spacial score (nSPS) is 31.5. The molecule has 14 heavy (non-hydrogen) atoms. The molecule has 0 bridgehead atoms. The molecule has 82 valence electrons. The molecular formula is C10H20N2O2. The molecule has 2 N–H and O–H groups in total. The van der Waals surface area contributed by atoms with E-state index in [4.69, 9.17) is 4.74 Å². The van der Waals surface area contributed by atoms with Gasteiger partial charge in [-0.3, -0.25) is 4.90 Å². The van der Waals surface area contributed by atoms with Gasteiger partial charge in [0, 0.05) is 31.7 Å². The van der Waals surface area contributed by atoms with Crippen molar-refractivity contribution in [2.75, 3.05) is 32.8 Å². The van der Waals surface area contributed by atoms with Crippen LogP contribution in [0.25, 0.3) is 0 Å². The van der Waals surface area contributed by atoms with E-state index in [1.165, 1.54) is 0 Å². The number of aliphatic hydroxyl groups excluding tert-OH is 1. The Labute approximate surface area is 85.2 Å². The van der Waals surface area contributed by atoms with Crippen LogP contribution in [0.3, 0.4) is 0 Å². The predicted molar refractivity (Wildman–Crippen MR) is 54.3 cm³/mol. The third-order valence-electron chi connectivity index (χ3n) is 3.39. The highest BCUT2D eigenvalue weighted by molar-refractivity contribution is 4.98. The summed E-state index contributed by atoms with van der Waals surface area (Å²) in [6.07, 6.45) is 0.106.